The number of aromatic nitrogens is 1. The van der Waals surface area contributed by atoms with Crippen LogP contribution in [0.4, 0.5) is 5.69 Å². The fourth-order valence-corrected chi connectivity index (χ4v) is 1.93. The van der Waals surface area contributed by atoms with Gasteiger partial charge in [-0.25, -0.2) is 4.79 Å². The lowest BCUT2D eigenvalue weighted by Crippen LogP contribution is -2.10. The second-order valence-electron chi connectivity index (χ2n) is 4.03. The summed E-state index contributed by atoms with van der Waals surface area (Å²) in [6.07, 6.45) is 0. The molecular weight excluding hydrogens is 312 g/mol. The van der Waals surface area contributed by atoms with Crippen LogP contribution in [-0.2, 0) is 11.8 Å². The van der Waals surface area contributed by atoms with E-state index in [9.17, 15) is 9.59 Å². The zero-order valence-electron chi connectivity index (χ0n) is 10.1. The highest BCUT2D eigenvalue weighted by atomic mass is 79.9. The number of aromatic carboxylic acids is 1. The molecule has 6 heteroatoms. The van der Waals surface area contributed by atoms with Crippen LogP contribution in [0.2, 0.25) is 0 Å². The van der Waals surface area contributed by atoms with Crippen molar-refractivity contribution in [1.82, 2.24) is 4.57 Å². The fraction of sp³-hybridized carbons (Fsp3) is 0.0769. The van der Waals surface area contributed by atoms with E-state index < -0.39 is 5.97 Å². The van der Waals surface area contributed by atoms with Crippen LogP contribution >= 0.6 is 15.9 Å². The molecule has 2 rings (SSSR count). The molecule has 1 amide bonds. The lowest BCUT2D eigenvalue weighted by molar-refractivity contribution is -0.112. The average Bonchev–Trinajstić information content (AvgIpc) is 2.66. The number of carbonyl (C=O) groups is 2. The molecule has 0 atom stereocenters. The summed E-state index contributed by atoms with van der Waals surface area (Å²) in [5, 5.41) is 12.4. The van der Waals surface area contributed by atoms with Gasteiger partial charge in [0.2, 0.25) is 0 Å². The Morgan fingerprint density at radius 3 is 2.63 bits per heavy atom. The van der Waals surface area contributed by atoms with E-state index in [2.05, 4.69) is 27.8 Å². The molecule has 2 N–H and O–H groups in total. The number of fused-ring (bicyclic) bond motifs is 1. The monoisotopic (exact) mass is 322 g/mol. The quantitative estimate of drug-likeness (QED) is 0.853. The molecule has 0 unspecified atom stereocenters. The van der Waals surface area contributed by atoms with Crippen LogP contribution in [0.1, 0.15) is 10.5 Å². The Kier molecular flexibility index (Phi) is 3.44. The van der Waals surface area contributed by atoms with Crippen LogP contribution in [0.15, 0.2) is 35.3 Å². The van der Waals surface area contributed by atoms with Crippen LogP contribution in [-0.4, -0.2) is 21.6 Å². The summed E-state index contributed by atoms with van der Waals surface area (Å²) in [4.78, 5) is 22.5. The molecule has 1 aromatic carbocycles. The van der Waals surface area contributed by atoms with Crippen molar-refractivity contribution in [2.24, 2.45) is 7.05 Å². The Bertz CT molecular complexity index is 703. The number of hydrogen-bond donors (Lipinski definition) is 2. The number of nitrogens with one attached hydrogen (secondary N) is 1. The van der Waals surface area contributed by atoms with E-state index in [1.165, 1.54) is 0 Å². The van der Waals surface area contributed by atoms with E-state index in [1.54, 1.807) is 35.9 Å². The third kappa shape index (κ3) is 2.53. The van der Waals surface area contributed by atoms with Gasteiger partial charge in [-0.15, -0.1) is 0 Å². The molecule has 0 fully saturated rings. The highest BCUT2D eigenvalue weighted by Crippen LogP contribution is 2.23. The zero-order valence-corrected chi connectivity index (χ0v) is 11.7. The number of anilines is 1. The first-order valence-electron chi connectivity index (χ1n) is 5.38. The predicted molar refractivity (Wildman–Crippen MR) is 76.6 cm³/mol. The number of carbonyl (C=O) groups excluding carboxylic acids is 1. The maximum atomic E-state index is 11.5. The Labute approximate surface area is 117 Å². The molecular formula is C13H11BrN2O3. The third-order valence-corrected chi connectivity index (χ3v) is 3.13. The van der Waals surface area contributed by atoms with Gasteiger partial charge in [-0.05, 0) is 40.2 Å². The number of halogens is 1. The van der Waals surface area contributed by atoms with Gasteiger partial charge in [-0.2, -0.15) is 0 Å². The van der Waals surface area contributed by atoms with Crippen LogP contribution in [0.5, 0.6) is 0 Å². The maximum absolute atomic E-state index is 11.5. The summed E-state index contributed by atoms with van der Waals surface area (Å²) in [7, 11) is 1.68. The van der Waals surface area contributed by atoms with Crippen molar-refractivity contribution in [2.45, 2.75) is 0 Å². The van der Waals surface area contributed by atoms with Crippen molar-refractivity contribution in [2.75, 3.05) is 5.32 Å². The van der Waals surface area contributed by atoms with Crippen molar-refractivity contribution < 1.29 is 14.7 Å². The number of carboxylic acid groups (broad SMARTS) is 1. The number of hydrogen-bond acceptors (Lipinski definition) is 2. The SMILES string of the molecule is C=C(Br)C(=O)Nc1ccc2c(c1)cc(C(=O)O)n2C. The molecule has 1 heterocycles. The van der Waals surface area contributed by atoms with E-state index >= 15 is 0 Å². The molecule has 0 aliphatic rings. The first-order chi connectivity index (χ1) is 8.90. The Morgan fingerprint density at radius 1 is 1.37 bits per heavy atom. The third-order valence-electron chi connectivity index (χ3n) is 2.77. The van der Waals surface area contributed by atoms with Gasteiger partial charge in [-0.3, -0.25) is 4.79 Å². The van der Waals surface area contributed by atoms with Gasteiger partial charge in [0.15, 0.2) is 0 Å². The molecule has 0 saturated heterocycles. The molecule has 2 aromatic rings. The molecule has 0 bridgehead atoms. The van der Waals surface area contributed by atoms with Crippen molar-refractivity contribution in [3.63, 3.8) is 0 Å². The number of aryl methyl sites for hydroxylation is 1. The first-order valence-corrected chi connectivity index (χ1v) is 6.18. The van der Waals surface area contributed by atoms with Gasteiger partial charge < -0.3 is 15.0 Å². The minimum absolute atomic E-state index is 0.198. The smallest absolute Gasteiger partial charge is 0.352 e. The fourth-order valence-electron chi connectivity index (χ4n) is 1.83. The molecule has 0 saturated carbocycles. The molecule has 1 aromatic heterocycles. The first kappa shape index (κ1) is 13.4. The van der Waals surface area contributed by atoms with Crippen molar-refractivity contribution in [3.8, 4) is 0 Å². The van der Waals surface area contributed by atoms with Gasteiger partial charge in [0.05, 0.1) is 4.48 Å². The molecule has 0 radical (unpaired) electrons. The minimum Gasteiger partial charge on any atom is -0.477 e. The summed E-state index contributed by atoms with van der Waals surface area (Å²) in [6, 6.07) is 6.75. The van der Waals surface area contributed by atoms with Crippen LogP contribution in [0.3, 0.4) is 0 Å². The van der Waals surface area contributed by atoms with E-state index in [1.807, 2.05) is 0 Å². The van der Waals surface area contributed by atoms with Gasteiger partial charge in [-0.1, -0.05) is 6.58 Å². The highest BCUT2D eigenvalue weighted by molar-refractivity contribution is 9.12. The number of amides is 1. The van der Waals surface area contributed by atoms with Gasteiger partial charge in [0.1, 0.15) is 5.69 Å². The van der Waals surface area contributed by atoms with Crippen molar-refractivity contribution in [3.05, 3.63) is 41.0 Å². The van der Waals surface area contributed by atoms with Crippen LogP contribution in [0, 0.1) is 0 Å². The predicted octanol–water partition coefficient (Wildman–Crippen LogP) is 2.72. The topological polar surface area (TPSA) is 71.3 Å². The standard InChI is InChI=1S/C13H11BrN2O3/c1-7(14)12(17)15-9-3-4-10-8(5-9)6-11(13(18)19)16(10)2/h3-6H,1H2,2H3,(H,15,17)(H,18,19). The normalized spacial score (nSPS) is 10.4. The van der Waals surface area contributed by atoms with E-state index in [-0.39, 0.29) is 16.1 Å². The maximum Gasteiger partial charge on any atom is 0.352 e. The molecule has 0 spiro atoms. The summed E-state index contributed by atoms with van der Waals surface area (Å²) in [6.45, 7) is 3.48. The number of nitrogens with zero attached hydrogens (tertiary/aromatic N) is 1. The van der Waals surface area contributed by atoms with Gasteiger partial charge in [0, 0.05) is 23.6 Å². The highest BCUT2D eigenvalue weighted by Gasteiger charge is 2.12. The lowest BCUT2D eigenvalue weighted by atomic mass is 10.2. The zero-order chi connectivity index (χ0) is 14.2. The molecule has 98 valence electrons. The van der Waals surface area contributed by atoms with Crippen molar-refractivity contribution >= 4 is 44.4 Å². The summed E-state index contributed by atoms with van der Waals surface area (Å²) in [5.74, 6) is -1.33. The molecule has 0 aliphatic heterocycles. The largest absolute Gasteiger partial charge is 0.477 e. The van der Waals surface area contributed by atoms with E-state index in [0.717, 1.165) is 10.9 Å². The van der Waals surface area contributed by atoms with Crippen LogP contribution < -0.4 is 5.32 Å². The molecule has 0 aliphatic carbocycles. The molecule has 19 heavy (non-hydrogen) atoms. The summed E-state index contributed by atoms with van der Waals surface area (Å²) < 4.78 is 1.82. The Hall–Kier alpha value is -2.08. The Balaban J connectivity index is 2.44. The summed E-state index contributed by atoms with van der Waals surface area (Å²) in [5.41, 5.74) is 1.57. The summed E-state index contributed by atoms with van der Waals surface area (Å²) >= 11 is 2.99. The van der Waals surface area contributed by atoms with E-state index in [4.69, 9.17) is 5.11 Å². The minimum atomic E-state index is -0.988. The second-order valence-corrected chi connectivity index (χ2v) is 4.98. The number of benzene rings is 1. The average molecular weight is 323 g/mol. The van der Waals surface area contributed by atoms with E-state index in [0.29, 0.717) is 5.69 Å². The van der Waals surface area contributed by atoms with Crippen molar-refractivity contribution in [1.29, 1.82) is 0 Å². The lowest BCUT2D eigenvalue weighted by Gasteiger charge is -2.04. The molecule has 5 nitrogen and oxygen atoms in total. The number of carboxylic acids is 1. The van der Waals surface area contributed by atoms with Gasteiger partial charge >= 0.3 is 5.97 Å². The van der Waals surface area contributed by atoms with Gasteiger partial charge in [0.25, 0.3) is 5.91 Å². The Morgan fingerprint density at radius 2 is 2.05 bits per heavy atom. The second kappa shape index (κ2) is 4.89. The van der Waals surface area contributed by atoms with Crippen LogP contribution in [0.25, 0.3) is 10.9 Å². The number of rotatable bonds is 3.